The Bertz CT molecular complexity index is 3100. The topological polar surface area (TPSA) is 69.9 Å². The quantitative estimate of drug-likeness (QED) is 0.186. The van der Waals surface area contributed by atoms with Crippen molar-refractivity contribution in [3.05, 3.63) is 150 Å². The van der Waals surface area contributed by atoms with Crippen LogP contribution in [0.2, 0.25) is 0 Å². The summed E-state index contributed by atoms with van der Waals surface area (Å²) in [5.74, 6) is 2.57. The Hall–Kier alpha value is -6.79. The summed E-state index contributed by atoms with van der Waals surface area (Å²) in [6, 6.07) is 42.3. The van der Waals surface area contributed by atoms with Gasteiger partial charge in [-0.1, -0.05) is 78.9 Å². The van der Waals surface area contributed by atoms with Crippen LogP contribution in [0.15, 0.2) is 142 Å². The number of furan rings is 2. The van der Waals surface area contributed by atoms with E-state index in [0.717, 1.165) is 85.0 Å². The van der Waals surface area contributed by atoms with E-state index in [4.69, 9.17) is 23.8 Å². The minimum Gasteiger partial charge on any atom is -0.456 e. The van der Waals surface area contributed by atoms with E-state index in [0.29, 0.717) is 17.5 Å². The molecule has 0 fully saturated rings. The van der Waals surface area contributed by atoms with Crippen LogP contribution in [0.1, 0.15) is 23.3 Å². The van der Waals surface area contributed by atoms with Crippen LogP contribution in [0.25, 0.3) is 101 Å². The minimum atomic E-state index is 0.540. The molecule has 0 saturated carbocycles. The third kappa shape index (κ3) is 4.47. The van der Waals surface area contributed by atoms with Crippen molar-refractivity contribution >= 4 is 60.7 Å². The second kappa shape index (κ2) is 11.1. The number of hydrogen-bond donors (Lipinski definition) is 0. The molecule has 52 heavy (non-hydrogen) atoms. The van der Waals surface area contributed by atoms with Crippen molar-refractivity contribution in [2.24, 2.45) is 0 Å². The maximum absolute atomic E-state index is 6.54. The number of hydrogen-bond acceptors (Lipinski definition) is 5. The maximum Gasteiger partial charge on any atom is 0.167 e. The molecule has 0 atom stereocenters. The van der Waals surface area contributed by atoms with Crippen LogP contribution in [-0.2, 0) is 6.42 Å². The van der Waals surface area contributed by atoms with Gasteiger partial charge in [0.2, 0.25) is 0 Å². The molecule has 1 aliphatic carbocycles. The lowest BCUT2D eigenvalue weighted by Gasteiger charge is -2.11. The van der Waals surface area contributed by atoms with Crippen molar-refractivity contribution in [2.75, 3.05) is 0 Å². The van der Waals surface area contributed by atoms with Gasteiger partial charge in [0, 0.05) is 44.6 Å². The van der Waals surface area contributed by atoms with Gasteiger partial charge >= 0.3 is 0 Å². The summed E-state index contributed by atoms with van der Waals surface area (Å²) in [4.78, 5) is 15.5. The molecule has 0 spiro atoms. The molecule has 246 valence electrons. The first kappa shape index (κ1) is 29.0. The second-order valence-corrected chi connectivity index (χ2v) is 13.7. The van der Waals surface area contributed by atoms with Gasteiger partial charge in [0.05, 0.1) is 16.6 Å². The largest absolute Gasteiger partial charge is 0.456 e. The van der Waals surface area contributed by atoms with Crippen LogP contribution >= 0.6 is 0 Å². The Labute approximate surface area is 298 Å². The fourth-order valence-electron chi connectivity index (χ4n) is 7.85. The first-order valence-corrected chi connectivity index (χ1v) is 17.6. The molecule has 0 bridgehead atoms. The molecular formula is C46H30N4O2. The first-order valence-electron chi connectivity index (χ1n) is 17.6. The Morgan fingerprint density at radius 2 is 1.35 bits per heavy atom. The minimum absolute atomic E-state index is 0.540. The van der Waals surface area contributed by atoms with E-state index in [-0.39, 0.29) is 0 Å². The van der Waals surface area contributed by atoms with E-state index in [2.05, 4.69) is 133 Å². The molecule has 0 unspecified atom stereocenters. The Morgan fingerprint density at radius 1 is 0.596 bits per heavy atom. The van der Waals surface area contributed by atoms with Crippen molar-refractivity contribution in [3.63, 3.8) is 0 Å². The zero-order chi connectivity index (χ0) is 34.3. The van der Waals surface area contributed by atoms with Gasteiger partial charge in [-0.2, -0.15) is 0 Å². The third-order valence-corrected chi connectivity index (χ3v) is 10.4. The average molecular weight is 671 g/mol. The zero-order valence-corrected chi connectivity index (χ0v) is 28.3. The summed E-state index contributed by atoms with van der Waals surface area (Å²) >= 11 is 0. The van der Waals surface area contributed by atoms with Crippen LogP contribution in [0.3, 0.4) is 0 Å². The van der Waals surface area contributed by atoms with E-state index >= 15 is 0 Å². The van der Waals surface area contributed by atoms with Crippen molar-refractivity contribution < 1.29 is 8.83 Å². The van der Waals surface area contributed by atoms with Crippen LogP contribution in [0, 0.1) is 6.92 Å². The number of rotatable bonds is 4. The number of fused-ring (bicyclic) bond motifs is 8. The highest BCUT2D eigenvalue weighted by Crippen LogP contribution is 2.39. The van der Waals surface area contributed by atoms with Crippen LogP contribution in [0.5, 0.6) is 0 Å². The standard InChI is InChI=1S/C46H30N4O2/c1-27-19-20-34-36-15-8-17-38(43(36)52-41(34)23-27)46-48-44(47-45(49-46)37-16-7-14-35-33-13-4-5-18-40(33)51-42(35)37)31-11-6-12-32(25-31)50-22-21-30-24-28-9-2-3-10-29(28)26-39(30)50/h2-3,5-12,14-26H,4,13H2,1H3. The van der Waals surface area contributed by atoms with Crippen LogP contribution in [0.4, 0.5) is 0 Å². The number of aryl methyl sites for hydroxylation is 2. The second-order valence-electron chi connectivity index (χ2n) is 13.7. The predicted molar refractivity (Wildman–Crippen MR) is 210 cm³/mol. The molecular weight excluding hydrogens is 641 g/mol. The van der Waals surface area contributed by atoms with Gasteiger partial charge in [-0.3, -0.25) is 0 Å². The van der Waals surface area contributed by atoms with Gasteiger partial charge in [-0.15, -0.1) is 0 Å². The molecule has 0 radical (unpaired) electrons. The van der Waals surface area contributed by atoms with E-state index in [9.17, 15) is 0 Å². The van der Waals surface area contributed by atoms with E-state index in [1.165, 1.54) is 21.7 Å². The van der Waals surface area contributed by atoms with Crippen molar-refractivity contribution in [1.82, 2.24) is 19.5 Å². The molecule has 10 aromatic rings. The van der Waals surface area contributed by atoms with Gasteiger partial charge in [-0.05, 0) is 90.7 Å². The molecule has 11 rings (SSSR count). The molecule has 0 amide bonds. The lowest BCUT2D eigenvalue weighted by Crippen LogP contribution is -2.01. The molecule has 0 aliphatic heterocycles. The maximum atomic E-state index is 6.54. The lowest BCUT2D eigenvalue weighted by atomic mass is 10.00. The molecule has 0 saturated heterocycles. The van der Waals surface area contributed by atoms with Crippen LogP contribution < -0.4 is 0 Å². The molecule has 4 heterocycles. The number of benzene rings is 6. The highest BCUT2D eigenvalue weighted by Gasteiger charge is 2.22. The summed E-state index contributed by atoms with van der Waals surface area (Å²) in [7, 11) is 0. The first-order chi connectivity index (χ1) is 25.6. The Morgan fingerprint density at radius 3 is 2.19 bits per heavy atom. The van der Waals surface area contributed by atoms with Gasteiger partial charge in [0.1, 0.15) is 22.5 Å². The fourth-order valence-corrected chi connectivity index (χ4v) is 7.85. The third-order valence-electron chi connectivity index (χ3n) is 10.4. The summed E-state index contributed by atoms with van der Waals surface area (Å²) in [5, 5.41) is 6.81. The number of aromatic nitrogens is 4. The summed E-state index contributed by atoms with van der Waals surface area (Å²) in [6.45, 7) is 2.08. The highest BCUT2D eigenvalue weighted by molar-refractivity contribution is 6.09. The van der Waals surface area contributed by atoms with E-state index in [1.807, 2.05) is 18.2 Å². The zero-order valence-electron chi connectivity index (χ0n) is 28.3. The highest BCUT2D eigenvalue weighted by atomic mass is 16.3. The van der Waals surface area contributed by atoms with Crippen molar-refractivity contribution in [3.8, 4) is 39.9 Å². The Kier molecular flexibility index (Phi) is 6.19. The van der Waals surface area contributed by atoms with Gasteiger partial charge in [0.25, 0.3) is 0 Å². The molecule has 6 nitrogen and oxygen atoms in total. The summed E-state index contributed by atoms with van der Waals surface area (Å²) in [5.41, 5.74) is 9.45. The summed E-state index contributed by atoms with van der Waals surface area (Å²) < 4.78 is 15.3. The average Bonchev–Trinajstić information content (AvgIpc) is 3.89. The fraction of sp³-hybridized carbons (Fsp3) is 0.0652. The normalized spacial score (nSPS) is 12.9. The molecule has 6 heteroatoms. The molecule has 6 aromatic carbocycles. The monoisotopic (exact) mass is 670 g/mol. The SMILES string of the molecule is Cc1ccc2c(c1)oc1c(-c3nc(-c4cccc(-n5ccc6cc7ccccc7cc65)c4)nc(-c4cccc5c6c(oc45)C=CCC6)n3)cccc12. The number of nitrogens with zero attached hydrogens (tertiary/aromatic N) is 4. The van der Waals surface area contributed by atoms with Crippen LogP contribution in [-0.4, -0.2) is 19.5 Å². The molecule has 4 aromatic heterocycles. The van der Waals surface area contributed by atoms with E-state index in [1.54, 1.807) is 0 Å². The smallest absolute Gasteiger partial charge is 0.167 e. The number of allylic oxidation sites excluding steroid dienone is 1. The van der Waals surface area contributed by atoms with E-state index < -0.39 is 0 Å². The van der Waals surface area contributed by atoms with Crippen molar-refractivity contribution in [1.29, 1.82) is 0 Å². The predicted octanol–water partition coefficient (Wildman–Crippen LogP) is 11.9. The summed E-state index contributed by atoms with van der Waals surface area (Å²) in [6.07, 6.45) is 8.32. The van der Waals surface area contributed by atoms with Gasteiger partial charge < -0.3 is 13.4 Å². The van der Waals surface area contributed by atoms with Gasteiger partial charge in [-0.25, -0.2) is 15.0 Å². The lowest BCUT2D eigenvalue weighted by molar-refractivity contribution is 0.596. The number of para-hydroxylation sites is 2. The molecule has 1 aliphatic rings. The van der Waals surface area contributed by atoms with Gasteiger partial charge in [0.15, 0.2) is 17.5 Å². The molecule has 0 N–H and O–H groups in total. The van der Waals surface area contributed by atoms with Crippen molar-refractivity contribution in [2.45, 2.75) is 19.8 Å². The Balaban J connectivity index is 1.13.